The second kappa shape index (κ2) is 9.90. The summed E-state index contributed by atoms with van der Waals surface area (Å²) in [5.41, 5.74) is 5.54. The van der Waals surface area contributed by atoms with Crippen LogP contribution >= 0.6 is 0 Å². The Morgan fingerprint density at radius 3 is 2.76 bits per heavy atom. The summed E-state index contributed by atoms with van der Waals surface area (Å²) in [4.78, 5) is 6.78. The minimum atomic E-state index is -2.29. The lowest BCUT2D eigenvalue weighted by molar-refractivity contribution is 0.122. The van der Waals surface area contributed by atoms with E-state index >= 15 is 0 Å². The van der Waals surface area contributed by atoms with Gasteiger partial charge in [-0.1, -0.05) is 30.3 Å². The summed E-state index contributed by atoms with van der Waals surface area (Å²) in [6.45, 7) is 3.47. The van der Waals surface area contributed by atoms with E-state index in [1.165, 1.54) is 4.31 Å². The number of anilines is 3. The number of morpholine rings is 1. The van der Waals surface area contributed by atoms with Crippen molar-refractivity contribution < 1.29 is 13.5 Å². The van der Waals surface area contributed by atoms with Crippen molar-refractivity contribution in [2.24, 2.45) is 0 Å². The van der Waals surface area contributed by atoms with Crippen LogP contribution in [0.25, 0.3) is 16.8 Å². The molecule has 1 N–H and O–H groups in total. The van der Waals surface area contributed by atoms with Crippen LogP contribution < -0.4 is 10.2 Å². The van der Waals surface area contributed by atoms with Crippen LogP contribution in [0.15, 0.2) is 66.9 Å². The number of aromatic nitrogens is 3. The number of ether oxygens (including phenoxy) is 1. The van der Waals surface area contributed by atoms with E-state index in [0.717, 1.165) is 60.0 Å². The van der Waals surface area contributed by atoms with Crippen molar-refractivity contribution in [3.8, 4) is 11.3 Å². The van der Waals surface area contributed by atoms with Gasteiger partial charge in [0.2, 0.25) is 5.95 Å². The Hall–Kier alpha value is -3.31. The average Bonchev–Trinajstić information content (AvgIpc) is 3.28. The number of fused-ring (bicyclic) bond motifs is 1. The zero-order valence-corrected chi connectivity index (χ0v) is 19.6. The van der Waals surface area contributed by atoms with Gasteiger partial charge in [-0.3, -0.25) is 4.21 Å². The quantitative estimate of drug-likeness (QED) is 0.408. The van der Waals surface area contributed by atoms with Crippen LogP contribution in [0.1, 0.15) is 5.56 Å². The summed E-state index contributed by atoms with van der Waals surface area (Å²) < 4.78 is 31.2. The fraction of sp³-hybridized carbons (Fsp3) is 0.250. The average molecular weight is 478 g/mol. The molecule has 10 heteroatoms. The molecule has 0 aliphatic carbocycles. The molecule has 176 valence electrons. The van der Waals surface area contributed by atoms with Gasteiger partial charge < -0.3 is 19.5 Å². The van der Waals surface area contributed by atoms with E-state index in [9.17, 15) is 8.76 Å². The highest BCUT2D eigenvalue weighted by Gasteiger charge is 2.14. The highest BCUT2D eigenvalue weighted by molar-refractivity contribution is 7.76. The van der Waals surface area contributed by atoms with Crippen LogP contribution in [0.4, 0.5) is 17.3 Å². The molecule has 2 aromatic heterocycles. The second-order valence-electron chi connectivity index (χ2n) is 8.07. The van der Waals surface area contributed by atoms with Crippen molar-refractivity contribution in [3.63, 3.8) is 0 Å². The summed E-state index contributed by atoms with van der Waals surface area (Å²) in [6, 6.07) is 19.8. The molecule has 3 heterocycles. The first-order valence-electron chi connectivity index (χ1n) is 11.0. The third kappa shape index (κ3) is 4.80. The van der Waals surface area contributed by atoms with E-state index in [-0.39, 0.29) is 6.54 Å². The third-order valence-electron chi connectivity index (χ3n) is 5.82. The lowest BCUT2D eigenvalue weighted by atomic mass is 10.0. The van der Waals surface area contributed by atoms with E-state index in [1.54, 1.807) is 13.2 Å². The Bertz CT molecular complexity index is 1320. The standard InChI is InChI=1S/C24H26N6O3S/c1-28(34(31)32)17-18-5-2-3-8-22(18)23-10-9-21-16-25-24(27-30(21)23)26-19-6-4-7-20(15-19)29-11-13-33-14-12-29/h2-10,15-16H,11-14,17H2,1H3,(H,26,27)(H,31,32)/p-1. The highest BCUT2D eigenvalue weighted by Crippen LogP contribution is 2.27. The van der Waals surface area contributed by atoms with E-state index in [2.05, 4.69) is 27.3 Å². The summed E-state index contributed by atoms with van der Waals surface area (Å²) in [6.07, 6.45) is 1.77. The smallest absolute Gasteiger partial charge is 0.245 e. The van der Waals surface area contributed by atoms with Crippen molar-refractivity contribution in [1.82, 2.24) is 18.9 Å². The number of benzene rings is 2. The van der Waals surface area contributed by atoms with Crippen molar-refractivity contribution in [2.45, 2.75) is 6.54 Å². The largest absolute Gasteiger partial charge is 0.760 e. The van der Waals surface area contributed by atoms with E-state index in [1.807, 2.05) is 53.0 Å². The number of nitrogens with one attached hydrogen (secondary N) is 1. The van der Waals surface area contributed by atoms with Crippen LogP contribution in [0.2, 0.25) is 0 Å². The van der Waals surface area contributed by atoms with Gasteiger partial charge >= 0.3 is 0 Å². The minimum absolute atomic E-state index is 0.268. The molecule has 1 unspecified atom stereocenters. The second-order valence-corrected chi connectivity index (χ2v) is 9.13. The first-order chi connectivity index (χ1) is 16.6. The topological polar surface area (TPSA) is 98.1 Å². The maximum Gasteiger partial charge on any atom is 0.245 e. The van der Waals surface area contributed by atoms with Crippen molar-refractivity contribution in [3.05, 3.63) is 72.4 Å². The molecule has 0 saturated carbocycles. The first kappa shape index (κ1) is 22.5. The number of rotatable bonds is 7. The predicted molar refractivity (Wildman–Crippen MR) is 132 cm³/mol. The number of nitrogens with zero attached hydrogens (tertiary/aromatic N) is 5. The van der Waals surface area contributed by atoms with Gasteiger partial charge in [0.1, 0.15) is 0 Å². The molecule has 9 nitrogen and oxygen atoms in total. The molecule has 2 aromatic carbocycles. The van der Waals surface area contributed by atoms with E-state index in [4.69, 9.17) is 9.84 Å². The maximum absolute atomic E-state index is 11.3. The Morgan fingerprint density at radius 1 is 1.12 bits per heavy atom. The van der Waals surface area contributed by atoms with Crippen LogP contribution in [-0.2, 0) is 22.5 Å². The van der Waals surface area contributed by atoms with Crippen molar-refractivity contribution in [2.75, 3.05) is 43.6 Å². The summed E-state index contributed by atoms with van der Waals surface area (Å²) in [5, 5.41) is 8.04. The van der Waals surface area contributed by atoms with Gasteiger partial charge in [-0.2, -0.15) is 0 Å². The van der Waals surface area contributed by atoms with Gasteiger partial charge in [-0.05, 0) is 42.9 Å². The van der Waals surface area contributed by atoms with Crippen molar-refractivity contribution in [1.29, 1.82) is 0 Å². The predicted octanol–water partition coefficient (Wildman–Crippen LogP) is 3.20. The lowest BCUT2D eigenvalue weighted by Crippen LogP contribution is -2.36. The molecule has 1 atom stereocenters. The Labute approximate surface area is 200 Å². The molecule has 0 spiro atoms. The molecule has 4 aromatic rings. The zero-order chi connectivity index (χ0) is 23.5. The normalized spacial score (nSPS) is 15.1. The SMILES string of the molecule is CN(Cc1ccccc1-c1ccc2cnc(Nc3cccc(N4CCOCC4)c3)nn12)S(=O)[O-]. The lowest BCUT2D eigenvalue weighted by Gasteiger charge is -2.29. The molecule has 0 radical (unpaired) electrons. The highest BCUT2D eigenvalue weighted by atomic mass is 32.2. The van der Waals surface area contributed by atoms with Gasteiger partial charge in [0.25, 0.3) is 0 Å². The third-order valence-corrected chi connectivity index (χ3v) is 6.46. The van der Waals surface area contributed by atoms with Gasteiger partial charge in [-0.25, -0.2) is 13.8 Å². The Kier molecular flexibility index (Phi) is 6.54. The molecule has 1 fully saturated rings. The van der Waals surface area contributed by atoms with Crippen LogP contribution in [0, 0.1) is 0 Å². The maximum atomic E-state index is 11.3. The molecule has 0 amide bonds. The molecule has 1 saturated heterocycles. The molecule has 0 bridgehead atoms. The van der Waals surface area contributed by atoms with E-state index < -0.39 is 11.3 Å². The summed E-state index contributed by atoms with van der Waals surface area (Å²) >= 11 is -2.29. The first-order valence-corrected chi connectivity index (χ1v) is 12.0. The summed E-state index contributed by atoms with van der Waals surface area (Å²) in [5.74, 6) is 0.472. The fourth-order valence-corrected chi connectivity index (χ4v) is 4.34. The molecule has 34 heavy (non-hydrogen) atoms. The number of hydrogen-bond donors (Lipinski definition) is 1. The molecular weight excluding hydrogens is 452 g/mol. The summed E-state index contributed by atoms with van der Waals surface area (Å²) in [7, 11) is 1.55. The van der Waals surface area contributed by atoms with E-state index in [0.29, 0.717) is 5.95 Å². The zero-order valence-electron chi connectivity index (χ0n) is 18.8. The molecular formula is C24H25N6O3S-. The molecule has 1 aliphatic rings. The molecule has 1 aliphatic heterocycles. The Balaban J connectivity index is 1.44. The van der Waals surface area contributed by atoms with Gasteiger partial charge in [0, 0.05) is 47.8 Å². The monoisotopic (exact) mass is 477 g/mol. The number of hydrogen-bond acceptors (Lipinski definition) is 7. The van der Waals surface area contributed by atoms with Crippen LogP contribution in [-0.4, -0.2) is 61.0 Å². The van der Waals surface area contributed by atoms with Crippen LogP contribution in [0.3, 0.4) is 0 Å². The van der Waals surface area contributed by atoms with Crippen molar-refractivity contribution >= 4 is 34.1 Å². The molecule has 5 rings (SSSR count). The van der Waals surface area contributed by atoms with Gasteiger partial charge in [-0.15, -0.1) is 5.10 Å². The minimum Gasteiger partial charge on any atom is -0.760 e. The Morgan fingerprint density at radius 2 is 1.94 bits per heavy atom. The van der Waals surface area contributed by atoms with Gasteiger partial charge in [0.15, 0.2) is 0 Å². The van der Waals surface area contributed by atoms with Crippen LogP contribution in [0.5, 0.6) is 0 Å². The fourth-order valence-electron chi connectivity index (χ4n) is 4.09. The van der Waals surface area contributed by atoms with Gasteiger partial charge in [0.05, 0.1) is 30.6 Å².